The normalized spacial score (nSPS) is 11.9. The van der Waals surface area contributed by atoms with Crippen molar-refractivity contribution in [3.63, 3.8) is 0 Å². The van der Waals surface area contributed by atoms with E-state index < -0.39 is 24.7 Å². The van der Waals surface area contributed by atoms with Crippen molar-refractivity contribution in [3.05, 3.63) is 11.4 Å². The molecule has 0 aromatic carbocycles. The van der Waals surface area contributed by atoms with Crippen LogP contribution in [0.5, 0.6) is 0 Å². The third-order valence-corrected chi connectivity index (χ3v) is 3.19. The lowest BCUT2D eigenvalue weighted by Gasteiger charge is -2.30. The zero-order valence-corrected chi connectivity index (χ0v) is 11.7. The molecule has 0 bridgehead atoms. The van der Waals surface area contributed by atoms with Gasteiger partial charge in [-0.2, -0.15) is 18.3 Å². The summed E-state index contributed by atoms with van der Waals surface area (Å²) >= 11 is 0. The molecule has 5 nitrogen and oxygen atoms in total. The first-order valence-electron chi connectivity index (χ1n) is 6.39. The first-order valence-corrected chi connectivity index (χ1v) is 6.39. The van der Waals surface area contributed by atoms with Crippen LogP contribution in [0.25, 0.3) is 0 Å². The van der Waals surface area contributed by atoms with Gasteiger partial charge < -0.3 is 10.6 Å². The predicted molar refractivity (Wildman–Crippen MR) is 69.2 cm³/mol. The Morgan fingerprint density at radius 2 is 1.95 bits per heavy atom. The number of hydrogen-bond donors (Lipinski definition) is 2. The minimum Gasteiger partial charge on any atom is -0.395 e. The van der Waals surface area contributed by atoms with E-state index in [1.807, 2.05) is 0 Å². The van der Waals surface area contributed by atoms with Crippen LogP contribution >= 0.6 is 0 Å². The van der Waals surface area contributed by atoms with Crippen LogP contribution in [0.3, 0.4) is 0 Å². The van der Waals surface area contributed by atoms with E-state index in [-0.39, 0.29) is 11.4 Å². The van der Waals surface area contributed by atoms with Gasteiger partial charge in [0.1, 0.15) is 6.54 Å². The van der Waals surface area contributed by atoms with Gasteiger partial charge in [0.2, 0.25) is 0 Å². The number of rotatable bonds is 5. The fraction of sp³-hybridized carbons (Fsp3) is 0.667. The lowest BCUT2D eigenvalue weighted by Crippen LogP contribution is -2.45. The maximum atomic E-state index is 12.7. The Morgan fingerprint density at radius 3 is 2.30 bits per heavy atom. The van der Waals surface area contributed by atoms with Gasteiger partial charge in [-0.15, -0.1) is 0 Å². The number of alkyl halides is 3. The molecule has 1 amide bonds. The smallest absolute Gasteiger partial charge is 0.395 e. The zero-order valence-electron chi connectivity index (χ0n) is 11.7. The molecule has 0 aliphatic rings. The average Bonchev–Trinajstić information content (AvgIpc) is 2.68. The number of aromatic nitrogens is 2. The van der Waals surface area contributed by atoms with Crippen molar-refractivity contribution in [2.75, 3.05) is 12.3 Å². The molecule has 0 saturated heterocycles. The molecule has 1 rings (SSSR count). The minimum atomic E-state index is -4.46. The molecule has 1 aromatic heterocycles. The van der Waals surface area contributed by atoms with E-state index in [1.165, 1.54) is 0 Å². The fourth-order valence-corrected chi connectivity index (χ4v) is 2.03. The van der Waals surface area contributed by atoms with E-state index >= 15 is 0 Å². The Kier molecular flexibility index (Phi) is 5.02. The van der Waals surface area contributed by atoms with E-state index in [2.05, 4.69) is 10.2 Å². The predicted octanol–water partition coefficient (Wildman–Crippen LogP) is 2.49. The van der Waals surface area contributed by atoms with E-state index in [0.717, 1.165) is 4.90 Å². The van der Waals surface area contributed by atoms with Crippen molar-refractivity contribution >= 4 is 11.6 Å². The van der Waals surface area contributed by atoms with Crippen LogP contribution in [0.4, 0.5) is 18.9 Å². The number of nitrogens with zero attached hydrogens (tertiary/aromatic N) is 2. The SMILES string of the molecule is CCC(CC)N(CC(F)(F)F)C(=O)c1n[nH]c(C)c1N. The van der Waals surface area contributed by atoms with Crippen molar-refractivity contribution in [1.29, 1.82) is 0 Å². The van der Waals surface area contributed by atoms with Crippen LogP contribution in [-0.2, 0) is 0 Å². The van der Waals surface area contributed by atoms with Gasteiger partial charge in [0.05, 0.1) is 11.4 Å². The molecule has 8 heteroatoms. The van der Waals surface area contributed by atoms with Crippen LogP contribution in [0.2, 0.25) is 0 Å². The van der Waals surface area contributed by atoms with Crippen molar-refractivity contribution < 1.29 is 18.0 Å². The molecule has 20 heavy (non-hydrogen) atoms. The number of halogens is 3. The molecular weight excluding hydrogens is 273 g/mol. The Hall–Kier alpha value is -1.73. The van der Waals surface area contributed by atoms with Gasteiger partial charge in [0.25, 0.3) is 5.91 Å². The van der Waals surface area contributed by atoms with Crippen LogP contribution in [0, 0.1) is 6.92 Å². The van der Waals surface area contributed by atoms with E-state index in [1.54, 1.807) is 20.8 Å². The summed E-state index contributed by atoms with van der Waals surface area (Å²) in [6, 6.07) is -0.500. The molecule has 0 atom stereocenters. The largest absolute Gasteiger partial charge is 0.406 e. The summed E-state index contributed by atoms with van der Waals surface area (Å²) in [4.78, 5) is 13.1. The van der Waals surface area contributed by atoms with Crippen LogP contribution in [0.15, 0.2) is 0 Å². The second-order valence-corrected chi connectivity index (χ2v) is 4.63. The summed E-state index contributed by atoms with van der Waals surface area (Å²) in [5.74, 6) is -0.794. The summed E-state index contributed by atoms with van der Waals surface area (Å²) in [6.07, 6.45) is -3.60. The number of hydrogen-bond acceptors (Lipinski definition) is 3. The molecule has 0 spiro atoms. The third-order valence-electron chi connectivity index (χ3n) is 3.19. The Balaban J connectivity index is 3.09. The molecule has 0 radical (unpaired) electrons. The van der Waals surface area contributed by atoms with Gasteiger partial charge in [-0.3, -0.25) is 9.89 Å². The van der Waals surface area contributed by atoms with Crippen molar-refractivity contribution in [2.24, 2.45) is 0 Å². The number of anilines is 1. The van der Waals surface area contributed by atoms with Gasteiger partial charge in [-0.05, 0) is 19.8 Å². The highest BCUT2D eigenvalue weighted by atomic mass is 19.4. The van der Waals surface area contributed by atoms with Gasteiger partial charge >= 0.3 is 6.18 Å². The molecule has 114 valence electrons. The van der Waals surface area contributed by atoms with Crippen LogP contribution in [-0.4, -0.2) is 39.8 Å². The molecule has 0 unspecified atom stereocenters. The number of nitrogens with two attached hydrogens (primary N) is 1. The van der Waals surface area contributed by atoms with Crippen LogP contribution in [0.1, 0.15) is 42.9 Å². The van der Waals surface area contributed by atoms with E-state index in [9.17, 15) is 18.0 Å². The lowest BCUT2D eigenvalue weighted by atomic mass is 10.1. The van der Waals surface area contributed by atoms with E-state index in [4.69, 9.17) is 5.73 Å². The van der Waals surface area contributed by atoms with Gasteiger partial charge in [0, 0.05) is 6.04 Å². The second kappa shape index (κ2) is 6.15. The summed E-state index contributed by atoms with van der Waals surface area (Å²) in [6.45, 7) is 3.78. The van der Waals surface area contributed by atoms with Gasteiger partial charge in [0.15, 0.2) is 5.69 Å². The number of nitrogens with one attached hydrogen (secondary N) is 1. The molecule has 0 fully saturated rings. The first-order chi connectivity index (χ1) is 9.21. The Morgan fingerprint density at radius 1 is 1.40 bits per heavy atom. The number of aryl methyl sites for hydroxylation is 1. The Bertz CT molecular complexity index is 466. The molecule has 0 saturated carbocycles. The second-order valence-electron chi connectivity index (χ2n) is 4.63. The van der Waals surface area contributed by atoms with Gasteiger partial charge in [-0.1, -0.05) is 13.8 Å². The van der Waals surface area contributed by atoms with Crippen molar-refractivity contribution in [1.82, 2.24) is 15.1 Å². The molecule has 3 N–H and O–H groups in total. The van der Waals surface area contributed by atoms with Crippen LogP contribution < -0.4 is 5.73 Å². The minimum absolute atomic E-state index is 0.0909. The quantitative estimate of drug-likeness (QED) is 0.875. The van der Waals surface area contributed by atoms with Crippen molar-refractivity contribution in [3.8, 4) is 0 Å². The number of nitrogen functional groups attached to an aromatic ring is 1. The molecule has 1 heterocycles. The lowest BCUT2D eigenvalue weighted by molar-refractivity contribution is -0.145. The number of carbonyl (C=O) groups excluding carboxylic acids is 1. The number of aromatic amines is 1. The van der Waals surface area contributed by atoms with Gasteiger partial charge in [-0.25, -0.2) is 0 Å². The summed E-state index contributed by atoms with van der Waals surface area (Å²) < 4.78 is 38.0. The zero-order chi connectivity index (χ0) is 15.5. The molecule has 0 aliphatic heterocycles. The topological polar surface area (TPSA) is 75.0 Å². The number of carbonyl (C=O) groups is 1. The van der Waals surface area contributed by atoms with Crippen molar-refractivity contribution in [2.45, 2.75) is 45.8 Å². The highest BCUT2D eigenvalue weighted by molar-refractivity contribution is 5.97. The summed E-state index contributed by atoms with van der Waals surface area (Å²) in [5.41, 5.74) is 6.07. The monoisotopic (exact) mass is 292 g/mol. The van der Waals surface area contributed by atoms with E-state index in [0.29, 0.717) is 18.5 Å². The third kappa shape index (κ3) is 3.64. The fourth-order valence-electron chi connectivity index (χ4n) is 2.03. The maximum Gasteiger partial charge on any atom is 0.406 e. The standard InChI is InChI=1S/C12H19F3N4O/c1-4-8(5-2)19(6-12(13,14)15)11(20)10-9(16)7(3)17-18-10/h8H,4-6,16H2,1-3H3,(H,17,18). The summed E-state index contributed by atoms with van der Waals surface area (Å²) in [7, 11) is 0. The molecule has 0 aliphatic carbocycles. The first kappa shape index (κ1) is 16.3. The number of H-pyrrole nitrogens is 1. The molecular formula is C12H19F3N4O. The Labute approximate surface area is 115 Å². The highest BCUT2D eigenvalue weighted by Gasteiger charge is 2.37. The molecule has 1 aromatic rings. The highest BCUT2D eigenvalue weighted by Crippen LogP contribution is 2.24. The maximum absolute atomic E-state index is 12.7. The number of amides is 1. The average molecular weight is 292 g/mol. The summed E-state index contributed by atoms with van der Waals surface area (Å²) in [5, 5.41) is 6.22.